The van der Waals surface area contributed by atoms with Crippen LogP contribution in [0, 0.1) is 17.1 Å². The fraction of sp³-hybridized carbons (Fsp3) is 0.125. The third kappa shape index (κ3) is 1.79. The van der Waals surface area contributed by atoms with E-state index >= 15 is 0 Å². The Kier molecular flexibility index (Phi) is 2.55. The molecule has 0 unspecified atom stereocenters. The number of carbonyl (C=O) groups is 1. The van der Waals surface area contributed by atoms with Gasteiger partial charge in [-0.3, -0.25) is 0 Å². The molecule has 1 heterocycles. The van der Waals surface area contributed by atoms with Crippen molar-refractivity contribution in [3.05, 3.63) is 29.3 Å². The number of nitrogens with zero attached hydrogens (tertiary/aromatic N) is 2. The zero-order chi connectivity index (χ0) is 9.84. The van der Waals surface area contributed by atoms with Crippen LogP contribution in [0.25, 0.3) is 0 Å². The molecule has 0 atom stereocenters. The van der Waals surface area contributed by atoms with E-state index in [-0.39, 0.29) is 11.3 Å². The molecule has 0 bridgehead atoms. The molecular formula is C8H5FN2O2. The van der Waals surface area contributed by atoms with Crippen LogP contribution in [-0.2, 0) is 4.74 Å². The number of nitriles is 1. The van der Waals surface area contributed by atoms with E-state index in [1.54, 1.807) is 6.07 Å². The molecule has 66 valence electrons. The van der Waals surface area contributed by atoms with Crippen molar-refractivity contribution >= 4 is 5.97 Å². The molecule has 0 aromatic carbocycles. The van der Waals surface area contributed by atoms with E-state index in [2.05, 4.69) is 9.72 Å². The predicted octanol–water partition coefficient (Wildman–Crippen LogP) is 0.879. The van der Waals surface area contributed by atoms with Gasteiger partial charge >= 0.3 is 5.97 Å². The third-order valence-corrected chi connectivity index (χ3v) is 1.38. The van der Waals surface area contributed by atoms with Crippen molar-refractivity contribution in [1.29, 1.82) is 5.26 Å². The summed E-state index contributed by atoms with van der Waals surface area (Å²) in [6, 6.07) is 2.73. The van der Waals surface area contributed by atoms with E-state index in [1.165, 1.54) is 0 Å². The van der Waals surface area contributed by atoms with Crippen LogP contribution in [0.3, 0.4) is 0 Å². The minimum atomic E-state index is -0.823. The average Bonchev–Trinajstić information content (AvgIpc) is 2.17. The van der Waals surface area contributed by atoms with Crippen molar-refractivity contribution in [3.8, 4) is 6.07 Å². The molecule has 0 N–H and O–H groups in total. The van der Waals surface area contributed by atoms with Crippen LogP contribution in [-0.4, -0.2) is 18.1 Å². The molecule has 1 rings (SSSR count). The van der Waals surface area contributed by atoms with Gasteiger partial charge in [-0.25, -0.2) is 14.2 Å². The maximum absolute atomic E-state index is 12.9. The first-order valence-corrected chi connectivity index (χ1v) is 3.33. The Morgan fingerprint density at radius 2 is 2.46 bits per heavy atom. The van der Waals surface area contributed by atoms with Gasteiger partial charge in [0.15, 0.2) is 5.82 Å². The van der Waals surface area contributed by atoms with Gasteiger partial charge in [-0.1, -0.05) is 0 Å². The van der Waals surface area contributed by atoms with E-state index in [4.69, 9.17) is 5.26 Å². The number of halogens is 1. The molecule has 13 heavy (non-hydrogen) atoms. The fourth-order valence-electron chi connectivity index (χ4n) is 0.766. The number of rotatable bonds is 1. The van der Waals surface area contributed by atoms with Gasteiger partial charge in [-0.15, -0.1) is 0 Å². The fourth-order valence-corrected chi connectivity index (χ4v) is 0.766. The van der Waals surface area contributed by atoms with E-state index in [0.717, 1.165) is 19.4 Å². The number of pyridine rings is 1. The van der Waals surface area contributed by atoms with E-state index in [1.807, 2.05) is 0 Å². The Morgan fingerprint density at radius 3 is 3.00 bits per heavy atom. The van der Waals surface area contributed by atoms with Gasteiger partial charge < -0.3 is 4.74 Å². The third-order valence-electron chi connectivity index (χ3n) is 1.38. The molecule has 0 aliphatic carbocycles. The van der Waals surface area contributed by atoms with Crippen LogP contribution in [0.1, 0.15) is 16.1 Å². The van der Waals surface area contributed by atoms with Crippen molar-refractivity contribution in [1.82, 2.24) is 4.98 Å². The minimum Gasteiger partial charge on any atom is -0.465 e. The van der Waals surface area contributed by atoms with Gasteiger partial charge in [0.25, 0.3) is 0 Å². The Morgan fingerprint density at radius 1 is 1.77 bits per heavy atom. The smallest absolute Gasteiger partial charge is 0.341 e. The standard InChI is InChI=1S/C8H5FN2O2/c1-13-8(12)6-2-5(3-10)11-4-7(6)9/h2,4H,1H3. The highest BCUT2D eigenvalue weighted by molar-refractivity contribution is 5.89. The number of methoxy groups -OCH3 is 1. The summed E-state index contributed by atoms with van der Waals surface area (Å²) in [5.74, 6) is -1.62. The molecule has 0 spiro atoms. The van der Waals surface area contributed by atoms with Crippen LogP contribution in [0.15, 0.2) is 12.3 Å². The zero-order valence-electron chi connectivity index (χ0n) is 6.74. The Labute approximate surface area is 73.6 Å². The Balaban J connectivity index is 3.20. The second-order valence-electron chi connectivity index (χ2n) is 2.15. The number of ether oxygens (including phenoxy) is 1. The van der Waals surface area contributed by atoms with Gasteiger partial charge in [-0.05, 0) is 6.07 Å². The molecule has 0 aliphatic rings. The van der Waals surface area contributed by atoms with E-state index < -0.39 is 11.8 Å². The number of carbonyl (C=O) groups excluding carboxylic acids is 1. The predicted molar refractivity (Wildman–Crippen MR) is 40.2 cm³/mol. The first-order valence-electron chi connectivity index (χ1n) is 3.33. The second kappa shape index (κ2) is 3.63. The summed E-state index contributed by atoms with van der Waals surface area (Å²) in [4.78, 5) is 14.3. The molecule has 0 saturated heterocycles. The van der Waals surface area contributed by atoms with E-state index in [0.29, 0.717) is 0 Å². The largest absolute Gasteiger partial charge is 0.465 e. The first kappa shape index (κ1) is 9.13. The Hall–Kier alpha value is -1.96. The summed E-state index contributed by atoms with van der Waals surface area (Å²) in [5.41, 5.74) is -0.309. The first-order chi connectivity index (χ1) is 6.19. The molecule has 0 saturated carbocycles. The summed E-state index contributed by atoms with van der Waals surface area (Å²) < 4.78 is 17.2. The van der Waals surface area contributed by atoms with Crippen molar-refractivity contribution in [3.63, 3.8) is 0 Å². The minimum absolute atomic E-state index is 0.0261. The highest BCUT2D eigenvalue weighted by Gasteiger charge is 2.13. The molecule has 0 amide bonds. The summed E-state index contributed by atoms with van der Waals surface area (Å²) in [6.45, 7) is 0. The highest BCUT2D eigenvalue weighted by Crippen LogP contribution is 2.08. The van der Waals surface area contributed by atoms with Crippen LogP contribution in [0.4, 0.5) is 4.39 Å². The van der Waals surface area contributed by atoms with Crippen molar-refractivity contribution in [2.24, 2.45) is 0 Å². The van der Waals surface area contributed by atoms with Crippen molar-refractivity contribution in [2.45, 2.75) is 0 Å². The van der Waals surface area contributed by atoms with E-state index in [9.17, 15) is 9.18 Å². The maximum Gasteiger partial charge on any atom is 0.341 e. The lowest BCUT2D eigenvalue weighted by Gasteiger charge is -1.99. The lowest BCUT2D eigenvalue weighted by atomic mass is 10.2. The summed E-state index contributed by atoms with van der Waals surface area (Å²) in [5, 5.41) is 8.42. The molecule has 0 radical (unpaired) electrons. The number of esters is 1. The van der Waals surface area contributed by atoms with Crippen LogP contribution < -0.4 is 0 Å². The monoisotopic (exact) mass is 180 g/mol. The molecule has 1 aromatic heterocycles. The van der Waals surface area contributed by atoms with Crippen molar-refractivity contribution < 1.29 is 13.9 Å². The maximum atomic E-state index is 12.9. The lowest BCUT2D eigenvalue weighted by molar-refractivity contribution is 0.0595. The Bertz CT molecular complexity index is 384. The summed E-state index contributed by atoms with van der Waals surface area (Å²) in [7, 11) is 1.13. The molecule has 0 aliphatic heterocycles. The lowest BCUT2D eigenvalue weighted by Crippen LogP contribution is -2.05. The second-order valence-corrected chi connectivity index (χ2v) is 2.15. The van der Waals surface area contributed by atoms with Gasteiger partial charge in [0.2, 0.25) is 0 Å². The van der Waals surface area contributed by atoms with Gasteiger partial charge in [-0.2, -0.15) is 5.26 Å². The van der Waals surface area contributed by atoms with Gasteiger partial charge in [0.1, 0.15) is 11.8 Å². The molecule has 5 heteroatoms. The van der Waals surface area contributed by atoms with Gasteiger partial charge in [0, 0.05) is 0 Å². The van der Waals surface area contributed by atoms with Gasteiger partial charge in [0.05, 0.1) is 18.9 Å². The van der Waals surface area contributed by atoms with Crippen LogP contribution >= 0.6 is 0 Å². The highest BCUT2D eigenvalue weighted by atomic mass is 19.1. The topological polar surface area (TPSA) is 63.0 Å². The average molecular weight is 180 g/mol. The quantitative estimate of drug-likeness (QED) is 0.602. The molecular weight excluding hydrogens is 175 g/mol. The number of hydrogen-bond donors (Lipinski definition) is 0. The van der Waals surface area contributed by atoms with Crippen molar-refractivity contribution in [2.75, 3.05) is 7.11 Å². The van der Waals surface area contributed by atoms with Crippen LogP contribution in [0.2, 0.25) is 0 Å². The number of hydrogen-bond acceptors (Lipinski definition) is 4. The van der Waals surface area contributed by atoms with Crippen LogP contribution in [0.5, 0.6) is 0 Å². The number of aromatic nitrogens is 1. The normalized spacial score (nSPS) is 9.00. The molecule has 4 nitrogen and oxygen atoms in total. The zero-order valence-corrected chi connectivity index (χ0v) is 6.74. The summed E-state index contributed by atoms with van der Waals surface area (Å²) in [6.07, 6.45) is 0.810. The SMILES string of the molecule is COC(=O)c1cc(C#N)ncc1F. The molecule has 1 aromatic rings. The summed E-state index contributed by atoms with van der Waals surface area (Å²) >= 11 is 0. The molecule has 0 fully saturated rings.